The van der Waals surface area contributed by atoms with E-state index in [2.05, 4.69) is 43.4 Å². The second-order valence-electron chi connectivity index (χ2n) is 5.30. The van der Waals surface area contributed by atoms with Crippen LogP contribution in [0.2, 0.25) is 0 Å². The number of aldehydes is 1. The summed E-state index contributed by atoms with van der Waals surface area (Å²) in [5.74, 6) is 0. The number of unbranched alkanes of at least 4 members (excludes halogenated alkanes) is 1. The van der Waals surface area contributed by atoms with Gasteiger partial charge in [-0.15, -0.1) is 0 Å². The van der Waals surface area contributed by atoms with Crippen molar-refractivity contribution in [1.29, 1.82) is 0 Å². The maximum atomic E-state index is 11.3. The molecule has 0 saturated heterocycles. The highest BCUT2D eigenvalue weighted by Gasteiger charge is 2.23. The van der Waals surface area contributed by atoms with E-state index < -0.39 is 5.54 Å². The van der Waals surface area contributed by atoms with Gasteiger partial charge in [-0.3, -0.25) is 0 Å². The number of likely N-dealkylation sites (N-methyl/N-ethyl adjacent to an activating group) is 1. The first-order valence-electron chi connectivity index (χ1n) is 6.96. The van der Waals surface area contributed by atoms with Gasteiger partial charge in [0.2, 0.25) is 0 Å². The summed E-state index contributed by atoms with van der Waals surface area (Å²) in [5, 5.41) is 3.12. The van der Waals surface area contributed by atoms with Crippen LogP contribution >= 0.6 is 0 Å². The predicted molar refractivity (Wildman–Crippen MR) is 82.2 cm³/mol. The van der Waals surface area contributed by atoms with E-state index in [1.807, 2.05) is 20.0 Å². The first-order chi connectivity index (χ1) is 9.06. The lowest BCUT2D eigenvalue weighted by Gasteiger charge is -2.25. The molecule has 0 aliphatic carbocycles. The molecule has 0 saturated carbocycles. The van der Waals surface area contributed by atoms with Crippen molar-refractivity contribution in [1.82, 2.24) is 5.32 Å². The summed E-state index contributed by atoms with van der Waals surface area (Å²) in [5.41, 5.74) is 3.26. The summed E-state index contributed by atoms with van der Waals surface area (Å²) in [4.78, 5) is 11.3. The van der Waals surface area contributed by atoms with Gasteiger partial charge in [-0.2, -0.15) is 0 Å². The van der Waals surface area contributed by atoms with Gasteiger partial charge in [0, 0.05) is 0 Å². The average molecular weight is 259 g/mol. The van der Waals surface area contributed by atoms with Crippen LogP contribution in [0.25, 0.3) is 5.57 Å². The van der Waals surface area contributed by atoms with Crippen LogP contribution < -0.4 is 5.32 Å². The molecular formula is C17H25NO. The molecule has 0 bridgehead atoms. The molecule has 0 aliphatic heterocycles. The molecule has 1 unspecified atom stereocenters. The molecule has 19 heavy (non-hydrogen) atoms. The molecule has 104 valence electrons. The van der Waals surface area contributed by atoms with Crippen LogP contribution in [0.4, 0.5) is 0 Å². The van der Waals surface area contributed by atoms with Crippen molar-refractivity contribution in [3.8, 4) is 0 Å². The Bertz CT molecular complexity index is 450. The fraction of sp³-hybridized carbons (Fsp3) is 0.471. The van der Waals surface area contributed by atoms with E-state index in [-0.39, 0.29) is 0 Å². The lowest BCUT2D eigenvalue weighted by atomic mass is 9.88. The molecule has 2 nitrogen and oxygen atoms in total. The highest BCUT2D eigenvalue weighted by Crippen LogP contribution is 2.27. The van der Waals surface area contributed by atoms with Crippen LogP contribution in [-0.2, 0) is 4.79 Å². The Kier molecular flexibility index (Phi) is 5.97. The summed E-state index contributed by atoms with van der Waals surface area (Å²) >= 11 is 0. The van der Waals surface area contributed by atoms with E-state index in [0.717, 1.165) is 25.5 Å². The van der Waals surface area contributed by atoms with Gasteiger partial charge in [0.1, 0.15) is 6.29 Å². The van der Waals surface area contributed by atoms with Gasteiger partial charge in [0.05, 0.1) is 5.54 Å². The van der Waals surface area contributed by atoms with Gasteiger partial charge < -0.3 is 10.1 Å². The van der Waals surface area contributed by atoms with E-state index in [4.69, 9.17) is 0 Å². The second-order valence-corrected chi connectivity index (χ2v) is 5.30. The van der Waals surface area contributed by atoms with E-state index in [1.165, 1.54) is 16.7 Å². The molecule has 0 heterocycles. The molecule has 0 amide bonds. The zero-order valence-corrected chi connectivity index (χ0v) is 12.5. The number of nitrogens with one attached hydrogen (secondary N) is 1. The summed E-state index contributed by atoms with van der Waals surface area (Å²) in [6, 6.07) is 8.36. The monoisotopic (exact) mass is 259 g/mol. The minimum absolute atomic E-state index is 0.498. The lowest BCUT2D eigenvalue weighted by Crippen LogP contribution is -2.41. The van der Waals surface area contributed by atoms with Gasteiger partial charge in [0.15, 0.2) is 0 Å². The zero-order chi connectivity index (χ0) is 14.3. The van der Waals surface area contributed by atoms with Crippen LogP contribution in [0.1, 0.15) is 44.2 Å². The number of carbonyl (C=O) groups is 1. The minimum Gasteiger partial charge on any atom is -0.308 e. The molecule has 1 N–H and O–H groups in total. The summed E-state index contributed by atoms with van der Waals surface area (Å²) in [6.45, 7) is 6.23. The molecule has 0 aromatic heterocycles. The Morgan fingerprint density at radius 2 is 2.05 bits per heavy atom. The lowest BCUT2D eigenvalue weighted by molar-refractivity contribution is -0.112. The Balaban J connectivity index is 3.10. The van der Waals surface area contributed by atoms with Crippen LogP contribution in [-0.4, -0.2) is 18.9 Å². The standard InChI is InChI=1S/C17H25NO/c1-5-6-10-15(12-17(3,13-19)18-4)16-11-8-7-9-14(16)2/h7-11,13,18H,5-6,12H2,1-4H3. The minimum atomic E-state index is -0.498. The number of hydrogen-bond donors (Lipinski definition) is 1. The Labute approximate surface area is 116 Å². The molecule has 1 rings (SSSR count). The van der Waals surface area contributed by atoms with Crippen LogP contribution in [0.3, 0.4) is 0 Å². The summed E-state index contributed by atoms with van der Waals surface area (Å²) in [7, 11) is 1.84. The number of hydrogen-bond acceptors (Lipinski definition) is 2. The number of carbonyl (C=O) groups excluding carboxylic acids is 1. The molecule has 0 spiro atoms. The van der Waals surface area contributed by atoms with E-state index in [0.29, 0.717) is 0 Å². The number of rotatable bonds is 7. The van der Waals surface area contributed by atoms with Crippen molar-refractivity contribution >= 4 is 11.9 Å². The number of allylic oxidation sites excluding steroid dienone is 1. The highest BCUT2D eigenvalue weighted by atomic mass is 16.1. The molecule has 2 heteroatoms. The number of aryl methyl sites for hydroxylation is 1. The maximum Gasteiger partial charge on any atom is 0.140 e. The molecule has 1 aromatic carbocycles. The summed E-state index contributed by atoms with van der Waals surface area (Å²) in [6.07, 6.45) is 6.15. The van der Waals surface area contributed by atoms with E-state index >= 15 is 0 Å². The zero-order valence-electron chi connectivity index (χ0n) is 12.5. The Hall–Kier alpha value is -1.41. The Morgan fingerprint density at radius 1 is 1.37 bits per heavy atom. The molecule has 1 aromatic rings. The maximum absolute atomic E-state index is 11.3. The predicted octanol–water partition coefficient (Wildman–Crippen LogP) is 3.75. The normalized spacial score (nSPS) is 15.1. The SMILES string of the molecule is CCCC=C(CC(C)(C=O)NC)c1ccccc1C. The van der Waals surface area contributed by atoms with Gasteiger partial charge in [-0.25, -0.2) is 0 Å². The average Bonchev–Trinajstić information content (AvgIpc) is 2.44. The fourth-order valence-electron chi connectivity index (χ4n) is 2.11. The van der Waals surface area contributed by atoms with Gasteiger partial charge in [-0.1, -0.05) is 43.7 Å². The fourth-order valence-corrected chi connectivity index (χ4v) is 2.11. The van der Waals surface area contributed by atoms with Crippen molar-refractivity contribution in [3.63, 3.8) is 0 Å². The topological polar surface area (TPSA) is 29.1 Å². The van der Waals surface area contributed by atoms with Crippen LogP contribution in [0.5, 0.6) is 0 Å². The van der Waals surface area contributed by atoms with Crippen LogP contribution in [0, 0.1) is 6.92 Å². The molecule has 0 aliphatic rings. The van der Waals surface area contributed by atoms with E-state index in [9.17, 15) is 4.79 Å². The van der Waals surface area contributed by atoms with Gasteiger partial charge >= 0.3 is 0 Å². The largest absolute Gasteiger partial charge is 0.308 e. The smallest absolute Gasteiger partial charge is 0.140 e. The Morgan fingerprint density at radius 3 is 2.58 bits per heavy atom. The van der Waals surface area contributed by atoms with Crippen molar-refractivity contribution in [3.05, 3.63) is 41.5 Å². The molecular weight excluding hydrogens is 234 g/mol. The van der Waals surface area contributed by atoms with Gasteiger partial charge in [0.25, 0.3) is 0 Å². The second kappa shape index (κ2) is 7.25. The highest BCUT2D eigenvalue weighted by molar-refractivity contribution is 5.75. The quantitative estimate of drug-likeness (QED) is 0.756. The van der Waals surface area contributed by atoms with E-state index in [1.54, 1.807) is 0 Å². The molecule has 0 fully saturated rings. The first-order valence-corrected chi connectivity index (χ1v) is 6.96. The molecule has 1 atom stereocenters. The van der Waals surface area contributed by atoms with Gasteiger partial charge in [-0.05, 0) is 50.4 Å². The third-order valence-electron chi connectivity index (χ3n) is 3.56. The number of benzene rings is 1. The first kappa shape index (κ1) is 15.6. The van der Waals surface area contributed by atoms with Crippen molar-refractivity contribution in [2.45, 2.75) is 45.6 Å². The molecule has 0 radical (unpaired) electrons. The summed E-state index contributed by atoms with van der Waals surface area (Å²) < 4.78 is 0. The van der Waals surface area contributed by atoms with Crippen LogP contribution in [0.15, 0.2) is 30.3 Å². The third-order valence-corrected chi connectivity index (χ3v) is 3.56. The van der Waals surface area contributed by atoms with Crippen molar-refractivity contribution in [2.75, 3.05) is 7.05 Å². The third kappa shape index (κ3) is 4.32. The van der Waals surface area contributed by atoms with Crippen molar-refractivity contribution in [2.24, 2.45) is 0 Å². The van der Waals surface area contributed by atoms with Crippen molar-refractivity contribution < 1.29 is 4.79 Å².